The maximum atomic E-state index is 10.8. The minimum atomic E-state index is -4.78. The monoisotopic (exact) mass is 274 g/mol. The van der Waals surface area contributed by atoms with Gasteiger partial charge in [-0.05, 0) is 13.8 Å². The molecule has 9 heteroatoms. The van der Waals surface area contributed by atoms with Crippen molar-refractivity contribution in [2.24, 2.45) is 0 Å². The van der Waals surface area contributed by atoms with Crippen LogP contribution in [0.3, 0.4) is 0 Å². The molecule has 0 aromatic rings. The van der Waals surface area contributed by atoms with Gasteiger partial charge in [0.2, 0.25) is 0 Å². The van der Waals surface area contributed by atoms with Gasteiger partial charge in [-0.1, -0.05) is 0 Å². The second-order valence-corrected chi connectivity index (χ2v) is 4.45. The molecular formula is C8H19O8P. The minimum absolute atomic E-state index is 0.782. The molecule has 0 aromatic heterocycles. The van der Waals surface area contributed by atoms with Crippen LogP contribution < -0.4 is 0 Å². The fourth-order valence-electron chi connectivity index (χ4n) is 0.986. The van der Waals surface area contributed by atoms with Gasteiger partial charge < -0.3 is 19.3 Å². The van der Waals surface area contributed by atoms with E-state index in [2.05, 4.69) is 4.52 Å². The predicted molar refractivity (Wildman–Crippen MR) is 56.6 cm³/mol. The van der Waals surface area contributed by atoms with Crippen molar-refractivity contribution in [3.8, 4) is 0 Å². The molecule has 0 saturated heterocycles. The van der Waals surface area contributed by atoms with E-state index in [1.807, 2.05) is 0 Å². The van der Waals surface area contributed by atoms with Crippen molar-refractivity contribution in [2.45, 2.75) is 39.3 Å². The van der Waals surface area contributed by atoms with Crippen LogP contribution >= 0.6 is 7.82 Å². The highest BCUT2D eigenvalue weighted by Gasteiger charge is 2.39. The molecule has 2 unspecified atom stereocenters. The molecule has 0 fully saturated rings. The van der Waals surface area contributed by atoms with E-state index in [1.54, 1.807) is 0 Å². The molecule has 0 heterocycles. The Morgan fingerprint density at radius 1 is 1.06 bits per heavy atom. The molecule has 0 rings (SSSR count). The van der Waals surface area contributed by atoms with E-state index < -0.39 is 26.4 Å². The average Bonchev–Trinajstić information content (AvgIpc) is 2.13. The summed E-state index contributed by atoms with van der Waals surface area (Å²) >= 11 is 0. The van der Waals surface area contributed by atoms with Gasteiger partial charge in [-0.3, -0.25) is 9.47 Å². The molecule has 0 amide bonds. The van der Waals surface area contributed by atoms with Gasteiger partial charge in [0.15, 0.2) is 12.6 Å². The highest BCUT2D eigenvalue weighted by molar-refractivity contribution is 7.46. The summed E-state index contributed by atoms with van der Waals surface area (Å²) in [5.74, 6) is -1.98. The highest BCUT2D eigenvalue weighted by atomic mass is 31.2. The maximum Gasteiger partial charge on any atom is 0.473 e. The lowest BCUT2D eigenvalue weighted by atomic mass is 10.6. The molecule has 0 aliphatic rings. The van der Waals surface area contributed by atoms with E-state index in [9.17, 15) is 4.57 Å². The fraction of sp³-hybridized carbons (Fsp3) is 1.00. The summed E-state index contributed by atoms with van der Waals surface area (Å²) in [4.78, 5) is 17.5. The molecule has 17 heavy (non-hydrogen) atoms. The second-order valence-electron chi connectivity index (χ2n) is 3.29. The van der Waals surface area contributed by atoms with Crippen molar-refractivity contribution in [2.75, 3.05) is 14.2 Å². The van der Waals surface area contributed by atoms with Gasteiger partial charge in [-0.2, -0.15) is 0 Å². The van der Waals surface area contributed by atoms with Gasteiger partial charge in [-0.25, -0.2) is 9.09 Å². The molecule has 8 nitrogen and oxygen atoms in total. The molecule has 0 radical (unpaired) electrons. The van der Waals surface area contributed by atoms with Crippen LogP contribution in [0.5, 0.6) is 0 Å². The van der Waals surface area contributed by atoms with E-state index >= 15 is 0 Å². The van der Waals surface area contributed by atoms with E-state index in [-0.39, 0.29) is 0 Å². The summed E-state index contributed by atoms with van der Waals surface area (Å²) in [6, 6.07) is 0. The summed E-state index contributed by atoms with van der Waals surface area (Å²) in [6.07, 6.45) is -1.56. The molecule has 0 aliphatic heterocycles. The van der Waals surface area contributed by atoms with E-state index in [1.165, 1.54) is 35.0 Å². The maximum absolute atomic E-state index is 10.8. The quantitative estimate of drug-likeness (QED) is 0.494. The van der Waals surface area contributed by atoms with E-state index in [4.69, 9.17) is 28.7 Å². The minimum Gasteiger partial charge on any atom is -0.356 e. The number of hydrogen-bond donors (Lipinski definition) is 2. The highest BCUT2D eigenvalue weighted by Crippen LogP contribution is 2.43. The second kappa shape index (κ2) is 6.77. The largest absolute Gasteiger partial charge is 0.473 e. The Kier molecular flexibility index (Phi) is 6.75. The van der Waals surface area contributed by atoms with Crippen molar-refractivity contribution in [1.82, 2.24) is 0 Å². The topological polar surface area (TPSA) is 104 Å². The van der Waals surface area contributed by atoms with Crippen LogP contribution in [0.4, 0.5) is 0 Å². The van der Waals surface area contributed by atoms with Crippen LogP contribution in [0.15, 0.2) is 0 Å². The van der Waals surface area contributed by atoms with Crippen molar-refractivity contribution in [3.63, 3.8) is 0 Å². The van der Waals surface area contributed by atoms with Gasteiger partial charge in [0.05, 0.1) is 0 Å². The molecule has 2 N–H and O–H groups in total. The first-order chi connectivity index (χ1) is 7.62. The fourth-order valence-corrected chi connectivity index (χ4v) is 1.50. The third-order valence-corrected chi connectivity index (χ3v) is 2.28. The molecule has 0 bridgehead atoms. The summed E-state index contributed by atoms with van der Waals surface area (Å²) in [7, 11) is -2.05. The van der Waals surface area contributed by atoms with Gasteiger partial charge in [0.25, 0.3) is 5.97 Å². The van der Waals surface area contributed by atoms with Gasteiger partial charge in [-0.15, -0.1) is 0 Å². The van der Waals surface area contributed by atoms with E-state index in [0.717, 1.165) is 0 Å². The molecule has 0 spiro atoms. The van der Waals surface area contributed by atoms with Gasteiger partial charge in [0, 0.05) is 21.1 Å². The number of phosphoric ester groups is 1. The normalized spacial score (nSPS) is 19.7. The SMILES string of the molecule is COC(C)OC(C)(OC(C)OC)OP(=O)(O)O. The van der Waals surface area contributed by atoms with Crippen molar-refractivity contribution in [1.29, 1.82) is 0 Å². The van der Waals surface area contributed by atoms with Crippen LogP contribution in [0, 0.1) is 0 Å². The Bertz CT molecular complexity index is 252. The lowest BCUT2D eigenvalue weighted by Gasteiger charge is -2.33. The summed E-state index contributed by atoms with van der Waals surface area (Å²) < 4.78 is 35.0. The zero-order valence-electron chi connectivity index (χ0n) is 10.4. The van der Waals surface area contributed by atoms with Crippen LogP contribution in [0.2, 0.25) is 0 Å². The molecule has 0 aliphatic carbocycles. The summed E-state index contributed by atoms with van der Waals surface area (Å²) in [6.45, 7) is 4.24. The lowest BCUT2D eigenvalue weighted by molar-refractivity contribution is -0.409. The first-order valence-corrected chi connectivity index (χ1v) is 6.32. The van der Waals surface area contributed by atoms with E-state index in [0.29, 0.717) is 0 Å². The molecule has 0 saturated carbocycles. The van der Waals surface area contributed by atoms with Gasteiger partial charge >= 0.3 is 7.82 Å². The molecule has 2 atom stereocenters. The van der Waals surface area contributed by atoms with Crippen LogP contribution in [0.1, 0.15) is 20.8 Å². The molecule has 0 aromatic carbocycles. The van der Waals surface area contributed by atoms with Crippen molar-refractivity contribution in [3.05, 3.63) is 0 Å². The Balaban J connectivity index is 4.73. The molecule has 104 valence electrons. The first kappa shape index (κ1) is 16.9. The van der Waals surface area contributed by atoms with Crippen molar-refractivity contribution < 1.29 is 37.8 Å². The number of methoxy groups -OCH3 is 2. The zero-order valence-corrected chi connectivity index (χ0v) is 11.3. The number of hydrogen-bond acceptors (Lipinski definition) is 6. The zero-order chi connectivity index (χ0) is 13.7. The standard InChI is InChI=1S/C8H19O8P/c1-6(12-4)14-8(3,15-7(2)13-5)16-17(9,10)11/h6-7H,1-5H3,(H2,9,10,11). The smallest absolute Gasteiger partial charge is 0.356 e. The Morgan fingerprint density at radius 3 is 1.65 bits per heavy atom. The predicted octanol–water partition coefficient (Wildman–Crippen LogP) is 0.787. The van der Waals surface area contributed by atoms with Crippen LogP contribution in [-0.2, 0) is 28.0 Å². The van der Waals surface area contributed by atoms with Gasteiger partial charge in [0.1, 0.15) is 0 Å². The Labute approximate surface area is 100.0 Å². The summed E-state index contributed by atoms with van der Waals surface area (Å²) in [5.41, 5.74) is 0. The number of ether oxygens (including phenoxy) is 4. The third-order valence-electron chi connectivity index (χ3n) is 1.71. The Morgan fingerprint density at radius 2 is 1.41 bits per heavy atom. The average molecular weight is 274 g/mol. The third kappa shape index (κ3) is 7.80. The first-order valence-electron chi connectivity index (χ1n) is 4.79. The summed E-state index contributed by atoms with van der Waals surface area (Å²) in [5, 5.41) is 0. The number of rotatable bonds is 8. The van der Waals surface area contributed by atoms with Crippen LogP contribution in [0.25, 0.3) is 0 Å². The Hall–Kier alpha value is -0.0500. The molecular weight excluding hydrogens is 255 g/mol. The van der Waals surface area contributed by atoms with Crippen molar-refractivity contribution >= 4 is 7.82 Å². The van der Waals surface area contributed by atoms with Crippen LogP contribution in [-0.4, -0.2) is 42.6 Å². The number of phosphoric acid groups is 1. The lowest BCUT2D eigenvalue weighted by Crippen LogP contribution is -2.41.